The van der Waals surface area contributed by atoms with Crippen molar-refractivity contribution in [2.75, 3.05) is 5.73 Å². The van der Waals surface area contributed by atoms with Crippen LogP contribution in [0.25, 0.3) is 0 Å². The molecule has 0 spiro atoms. The lowest BCUT2D eigenvalue weighted by atomic mass is 10.0. The topological polar surface area (TPSA) is 60.2 Å². The van der Waals surface area contributed by atoms with E-state index in [0.29, 0.717) is 6.29 Å². The van der Waals surface area contributed by atoms with Crippen molar-refractivity contribution in [3.63, 3.8) is 0 Å². The number of halogens is 3. The number of hydrogen-bond acceptors (Lipinski definition) is 3. The minimum Gasteiger partial charge on any atom is -0.398 e. The first-order valence-corrected chi connectivity index (χ1v) is 4.29. The number of anilines is 1. The highest BCUT2D eigenvalue weighted by molar-refractivity contribution is 6.06. The maximum absolute atomic E-state index is 12.8. The van der Waals surface area contributed by atoms with Gasteiger partial charge in [0.1, 0.15) is 0 Å². The number of nitrogens with two attached hydrogens (primary N) is 1. The minimum absolute atomic E-state index is 0.0349. The van der Waals surface area contributed by atoms with Crippen molar-refractivity contribution in [3.05, 3.63) is 29.3 Å². The number of nitrogen functional groups attached to an aromatic ring is 1. The van der Waals surface area contributed by atoms with Crippen LogP contribution in [0.1, 0.15) is 20.7 Å². The lowest BCUT2D eigenvalue weighted by Crippen LogP contribution is -2.25. The molecular formula is C10H8F3NO2. The van der Waals surface area contributed by atoms with Gasteiger partial charge in [-0.1, -0.05) is 6.07 Å². The highest BCUT2D eigenvalue weighted by Crippen LogP contribution is 2.20. The van der Waals surface area contributed by atoms with Crippen LogP contribution < -0.4 is 5.73 Å². The molecule has 0 aromatic heterocycles. The monoisotopic (exact) mass is 231 g/mol. The van der Waals surface area contributed by atoms with E-state index in [1.807, 2.05) is 0 Å². The van der Waals surface area contributed by atoms with E-state index in [-0.39, 0.29) is 11.3 Å². The number of alkyl halides is 3. The average molecular weight is 231 g/mol. The van der Waals surface area contributed by atoms with Crippen molar-refractivity contribution in [2.24, 2.45) is 0 Å². The summed E-state index contributed by atoms with van der Waals surface area (Å²) >= 11 is 0. The van der Waals surface area contributed by atoms with Gasteiger partial charge in [-0.25, -0.2) is 13.2 Å². The first kappa shape index (κ1) is 12.2. The second-order valence-electron chi connectivity index (χ2n) is 3.03. The highest BCUT2D eigenvalue weighted by atomic mass is 19.3. The maximum Gasteiger partial charge on any atom is 0.276 e. The minimum atomic E-state index is -3.41. The molecule has 0 amide bonds. The van der Waals surface area contributed by atoms with Crippen molar-refractivity contribution in [3.8, 4) is 0 Å². The second-order valence-corrected chi connectivity index (χ2v) is 3.03. The molecule has 3 nitrogen and oxygen atoms in total. The number of Topliss-reactive ketones (excluding diaryl/α,β-unsaturated/α-hetero) is 1. The van der Waals surface area contributed by atoms with Gasteiger partial charge in [0.15, 0.2) is 6.29 Å². The number of aldehydes is 1. The third-order valence-corrected chi connectivity index (χ3v) is 2.00. The predicted octanol–water partition coefficient (Wildman–Crippen LogP) is 1.87. The van der Waals surface area contributed by atoms with Crippen LogP contribution in [0.15, 0.2) is 18.2 Å². The summed E-state index contributed by atoms with van der Waals surface area (Å²) in [6.45, 7) is 0. The second kappa shape index (κ2) is 4.78. The first-order valence-electron chi connectivity index (χ1n) is 4.29. The third kappa shape index (κ3) is 2.21. The lowest BCUT2D eigenvalue weighted by Gasteiger charge is -2.09. The zero-order valence-corrected chi connectivity index (χ0v) is 7.99. The van der Waals surface area contributed by atoms with Crippen LogP contribution >= 0.6 is 0 Å². The Kier molecular flexibility index (Phi) is 3.65. The van der Waals surface area contributed by atoms with Gasteiger partial charge in [-0.15, -0.1) is 0 Å². The van der Waals surface area contributed by atoms with E-state index in [2.05, 4.69) is 0 Å². The van der Waals surface area contributed by atoms with Crippen LogP contribution in [0.4, 0.5) is 18.9 Å². The quantitative estimate of drug-likeness (QED) is 0.488. The van der Waals surface area contributed by atoms with Crippen molar-refractivity contribution in [2.45, 2.75) is 12.6 Å². The van der Waals surface area contributed by atoms with E-state index in [0.717, 1.165) is 6.07 Å². The number of carbonyl (C=O) groups excluding carboxylic acids is 2. The van der Waals surface area contributed by atoms with E-state index in [9.17, 15) is 22.8 Å². The van der Waals surface area contributed by atoms with Gasteiger partial charge in [0.25, 0.3) is 6.43 Å². The molecule has 0 saturated carbocycles. The number of hydrogen-bond donors (Lipinski definition) is 1. The fourth-order valence-electron chi connectivity index (χ4n) is 1.16. The fourth-order valence-corrected chi connectivity index (χ4v) is 1.16. The normalized spacial score (nSPS) is 12.5. The van der Waals surface area contributed by atoms with Gasteiger partial charge >= 0.3 is 0 Å². The summed E-state index contributed by atoms with van der Waals surface area (Å²) < 4.78 is 36.7. The van der Waals surface area contributed by atoms with E-state index in [1.54, 1.807) is 0 Å². The molecule has 1 atom stereocenters. The molecule has 6 heteroatoms. The Morgan fingerprint density at radius 1 is 1.31 bits per heavy atom. The summed E-state index contributed by atoms with van der Waals surface area (Å²) in [6.07, 6.45) is -5.97. The summed E-state index contributed by atoms with van der Waals surface area (Å²) in [5, 5.41) is 0. The summed E-state index contributed by atoms with van der Waals surface area (Å²) in [7, 11) is 0. The van der Waals surface area contributed by atoms with Gasteiger partial charge in [-0.05, 0) is 12.1 Å². The van der Waals surface area contributed by atoms with Crippen molar-refractivity contribution in [1.82, 2.24) is 0 Å². The summed E-state index contributed by atoms with van der Waals surface area (Å²) in [5.74, 6) is -1.42. The molecule has 0 aliphatic carbocycles. The summed E-state index contributed by atoms with van der Waals surface area (Å²) in [5.41, 5.74) is 4.64. The molecule has 16 heavy (non-hydrogen) atoms. The molecule has 1 aromatic rings. The standard InChI is InChI=1S/C10H8F3NO2/c11-7(10(12)13)9(16)6-3-1-2-5(4-15)8(6)14/h1-4,7,10H,14H2. The van der Waals surface area contributed by atoms with Crippen LogP contribution in [-0.2, 0) is 0 Å². The number of para-hydroxylation sites is 1. The third-order valence-electron chi connectivity index (χ3n) is 2.00. The Labute approximate surface area is 89.1 Å². The van der Waals surface area contributed by atoms with E-state index in [4.69, 9.17) is 5.73 Å². The molecule has 0 aliphatic rings. The maximum atomic E-state index is 12.8. The summed E-state index contributed by atoms with van der Waals surface area (Å²) in [4.78, 5) is 21.7. The van der Waals surface area contributed by atoms with Crippen LogP contribution in [-0.4, -0.2) is 24.7 Å². The molecule has 0 radical (unpaired) electrons. The number of carbonyl (C=O) groups is 2. The molecule has 0 fully saturated rings. The van der Waals surface area contributed by atoms with Crippen LogP contribution in [0.5, 0.6) is 0 Å². The molecule has 2 N–H and O–H groups in total. The van der Waals surface area contributed by atoms with Crippen molar-refractivity contribution >= 4 is 17.8 Å². The molecule has 1 aromatic carbocycles. The number of ketones is 1. The first-order chi connectivity index (χ1) is 7.49. The van der Waals surface area contributed by atoms with Crippen molar-refractivity contribution < 1.29 is 22.8 Å². The molecule has 1 unspecified atom stereocenters. The molecule has 1 rings (SSSR count). The predicted molar refractivity (Wildman–Crippen MR) is 51.5 cm³/mol. The SMILES string of the molecule is Nc1c(C=O)cccc1C(=O)C(F)C(F)F. The Morgan fingerprint density at radius 2 is 1.94 bits per heavy atom. The van der Waals surface area contributed by atoms with E-state index >= 15 is 0 Å². The highest BCUT2D eigenvalue weighted by Gasteiger charge is 2.30. The molecule has 86 valence electrons. The zero-order valence-electron chi connectivity index (χ0n) is 7.99. The zero-order chi connectivity index (χ0) is 12.3. The van der Waals surface area contributed by atoms with Gasteiger partial charge < -0.3 is 5.73 Å². The Balaban J connectivity index is 3.14. The number of benzene rings is 1. The smallest absolute Gasteiger partial charge is 0.276 e. The van der Waals surface area contributed by atoms with E-state index < -0.39 is 23.9 Å². The van der Waals surface area contributed by atoms with Crippen LogP contribution in [0, 0.1) is 0 Å². The molecule has 0 bridgehead atoms. The largest absolute Gasteiger partial charge is 0.398 e. The van der Waals surface area contributed by atoms with Crippen LogP contribution in [0.2, 0.25) is 0 Å². The Bertz CT molecular complexity index is 421. The Morgan fingerprint density at radius 3 is 2.44 bits per heavy atom. The molecular weight excluding hydrogens is 223 g/mol. The van der Waals surface area contributed by atoms with Gasteiger partial charge in [-0.3, -0.25) is 9.59 Å². The van der Waals surface area contributed by atoms with Gasteiger partial charge in [-0.2, -0.15) is 0 Å². The Hall–Kier alpha value is -1.85. The van der Waals surface area contributed by atoms with Gasteiger partial charge in [0.2, 0.25) is 12.0 Å². The summed E-state index contributed by atoms with van der Waals surface area (Å²) in [6, 6.07) is 3.67. The average Bonchev–Trinajstić information content (AvgIpc) is 2.27. The van der Waals surface area contributed by atoms with Gasteiger partial charge in [0.05, 0.1) is 5.69 Å². The van der Waals surface area contributed by atoms with Crippen molar-refractivity contribution in [1.29, 1.82) is 0 Å². The van der Waals surface area contributed by atoms with Crippen LogP contribution in [0.3, 0.4) is 0 Å². The van der Waals surface area contributed by atoms with Gasteiger partial charge in [0, 0.05) is 11.1 Å². The lowest BCUT2D eigenvalue weighted by molar-refractivity contribution is 0.0412. The molecule has 0 heterocycles. The fraction of sp³-hybridized carbons (Fsp3) is 0.200. The number of rotatable bonds is 4. The van der Waals surface area contributed by atoms with E-state index in [1.165, 1.54) is 12.1 Å². The molecule has 0 saturated heterocycles. The molecule has 0 aliphatic heterocycles.